The van der Waals surface area contributed by atoms with Gasteiger partial charge >= 0.3 is 5.97 Å². The van der Waals surface area contributed by atoms with Crippen LogP contribution in [0.3, 0.4) is 0 Å². The minimum atomic E-state index is -0.853. The molecule has 4 nitrogen and oxygen atoms in total. The highest BCUT2D eigenvalue weighted by molar-refractivity contribution is 5.67. The van der Waals surface area contributed by atoms with Crippen LogP contribution in [0.25, 0.3) is 0 Å². The zero-order chi connectivity index (χ0) is 13.8. The van der Waals surface area contributed by atoms with E-state index in [1.165, 1.54) is 12.1 Å². The number of aryl methyl sites for hydroxylation is 1. The fourth-order valence-corrected chi connectivity index (χ4v) is 2.29. The van der Waals surface area contributed by atoms with Crippen LogP contribution in [0.5, 0.6) is 0 Å². The molecule has 0 radical (unpaired) electrons. The van der Waals surface area contributed by atoms with Crippen LogP contribution in [-0.2, 0) is 16.1 Å². The molecule has 0 aromatic heterocycles. The van der Waals surface area contributed by atoms with Gasteiger partial charge in [-0.05, 0) is 30.2 Å². The molecule has 1 saturated heterocycles. The predicted molar refractivity (Wildman–Crippen MR) is 68.4 cm³/mol. The van der Waals surface area contributed by atoms with Gasteiger partial charge in [0.05, 0.1) is 19.1 Å². The van der Waals surface area contributed by atoms with Crippen LogP contribution in [0.2, 0.25) is 0 Å². The summed E-state index contributed by atoms with van der Waals surface area (Å²) in [6.07, 6.45) is -0.265. The zero-order valence-corrected chi connectivity index (χ0v) is 10.9. The number of morpholine rings is 1. The predicted octanol–water partition coefficient (Wildman–Crippen LogP) is 1.81. The average molecular weight is 267 g/mol. The second-order valence-electron chi connectivity index (χ2n) is 4.90. The number of halogens is 1. The van der Waals surface area contributed by atoms with Gasteiger partial charge in [0.2, 0.25) is 0 Å². The number of carboxylic acids is 1. The first-order chi connectivity index (χ1) is 9.04. The molecule has 1 aliphatic rings. The summed E-state index contributed by atoms with van der Waals surface area (Å²) in [5, 5.41) is 8.77. The van der Waals surface area contributed by atoms with Gasteiger partial charge in [0.25, 0.3) is 0 Å². The lowest BCUT2D eigenvalue weighted by Crippen LogP contribution is -2.42. The van der Waals surface area contributed by atoms with Crippen molar-refractivity contribution >= 4 is 5.97 Å². The van der Waals surface area contributed by atoms with Crippen LogP contribution >= 0.6 is 0 Å². The van der Waals surface area contributed by atoms with Crippen LogP contribution in [-0.4, -0.2) is 41.8 Å². The minimum Gasteiger partial charge on any atom is -0.481 e. The van der Waals surface area contributed by atoms with Crippen LogP contribution in [0.1, 0.15) is 17.5 Å². The van der Waals surface area contributed by atoms with Gasteiger partial charge in [0.15, 0.2) is 0 Å². The Kier molecular flexibility index (Phi) is 4.50. The van der Waals surface area contributed by atoms with Gasteiger partial charge in [-0.3, -0.25) is 9.69 Å². The van der Waals surface area contributed by atoms with E-state index in [9.17, 15) is 9.18 Å². The molecule has 0 saturated carbocycles. The molecule has 5 heteroatoms. The van der Waals surface area contributed by atoms with Gasteiger partial charge < -0.3 is 9.84 Å². The standard InChI is InChI=1S/C14H18FNO3/c1-10-2-3-12(15)6-11(10)8-16-4-5-19-13(9-16)7-14(17)18/h2-3,6,13H,4-5,7-9H2,1H3,(H,17,18). The third-order valence-electron chi connectivity index (χ3n) is 3.33. The van der Waals surface area contributed by atoms with E-state index < -0.39 is 5.97 Å². The van der Waals surface area contributed by atoms with Gasteiger partial charge in [0, 0.05) is 19.6 Å². The van der Waals surface area contributed by atoms with Crippen LogP contribution in [0.15, 0.2) is 18.2 Å². The Morgan fingerprint density at radius 2 is 2.37 bits per heavy atom. The number of benzene rings is 1. The van der Waals surface area contributed by atoms with E-state index in [0.29, 0.717) is 19.7 Å². The summed E-state index contributed by atoms with van der Waals surface area (Å²) in [6, 6.07) is 4.75. The fraction of sp³-hybridized carbons (Fsp3) is 0.500. The largest absolute Gasteiger partial charge is 0.481 e. The smallest absolute Gasteiger partial charge is 0.306 e. The summed E-state index contributed by atoms with van der Waals surface area (Å²) in [6.45, 7) is 4.41. The average Bonchev–Trinajstić information content (AvgIpc) is 2.33. The molecule has 1 atom stereocenters. The molecular weight excluding hydrogens is 249 g/mol. The lowest BCUT2D eigenvalue weighted by Gasteiger charge is -2.32. The Labute approximate surface area is 111 Å². The quantitative estimate of drug-likeness (QED) is 0.904. The van der Waals surface area contributed by atoms with Crippen molar-refractivity contribution in [3.05, 3.63) is 35.1 Å². The summed E-state index contributed by atoms with van der Waals surface area (Å²) >= 11 is 0. The number of aliphatic carboxylic acids is 1. The Morgan fingerprint density at radius 3 is 3.11 bits per heavy atom. The van der Waals surface area contributed by atoms with Crippen LogP contribution in [0, 0.1) is 12.7 Å². The van der Waals surface area contributed by atoms with Gasteiger partial charge in [0.1, 0.15) is 5.82 Å². The molecule has 0 bridgehead atoms. The third-order valence-corrected chi connectivity index (χ3v) is 3.33. The molecule has 1 aromatic carbocycles. The zero-order valence-electron chi connectivity index (χ0n) is 10.9. The van der Waals surface area contributed by atoms with Crippen molar-refractivity contribution in [2.75, 3.05) is 19.7 Å². The maximum Gasteiger partial charge on any atom is 0.306 e. The van der Waals surface area contributed by atoms with Crippen molar-refractivity contribution in [2.45, 2.75) is 26.0 Å². The first-order valence-electron chi connectivity index (χ1n) is 6.35. The summed E-state index contributed by atoms with van der Waals surface area (Å²) in [5.74, 6) is -1.09. The number of nitrogens with zero attached hydrogens (tertiary/aromatic N) is 1. The van der Waals surface area contributed by atoms with Crippen molar-refractivity contribution < 1.29 is 19.0 Å². The molecule has 2 rings (SSSR count). The SMILES string of the molecule is Cc1ccc(F)cc1CN1CCOC(CC(=O)O)C1. The van der Waals surface area contributed by atoms with Gasteiger partial charge in [-0.1, -0.05) is 6.07 Å². The Balaban J connectivity index is 1.98. The van der Waals surface area contributed by atoms with Gasteiger partial charge in [-0.25, -0.2) is 4.39 Å². The molecule has 1 N–H and O–H groups in total. The highest BCUT2D eigenvalue weighted by Gasteiger charge is 2.23. The Hall–Kier alpha value is -1.46. The van der Waals surface area contributed by atoms with Crippen LogP contribution in [0.4, 0.5) is 4.39 Å². The van der Waals surface area contributed by atoms with E-state index in [1.54, 1.807) is 6.07 Å². The first-order valence-corrected chi connectivity index (χ1v) is 6.35. The van der Waals surface area contributed by atoms with E-state index in [-0.39, 0.29) is 18.3 Å². The monoisotopic (exact) mass is 267 g/mol. The van der Waals surface area contributed by atoms with E-state index in [4.69, 9.17) is 9.84 Å². The molecule has 1 aromatic rings. The van der Waals surface area contributed by atoms with Crippen molar-refractivity contribution in [3.8, 4) is 0 Å². The number of ether oxygens (including phenoxy) is 1. The normalized spacial score (nSPS) is 20.4. The fourth-order valence-electron chi connectivity index (χ4n) is 2.29. The Bertz CT molecular complexity index is 464. The number of carbonyl (C=O) groups is 1. The van der Waals surface area contributed by atoms with Crippen molar-refractivity contribution in [1.82, 2.24) is 4.90 Å². The molecule has 0 spiro atoms. The summed E-state index contributed by atoms with van der Waals surface area (Å²) in [7, 11) is 0. The van der Waals surface area contributed by atoms with Crippen molar-refractivity contribution in [1.29, 1.82) is 0 Å². The maximum absolute atomic E-state index is 13.2. The topological polar surface area (TPSA) is 49.8 Å². The minimum absolute atomic E-state index is 0.0125. The highest BCUT2D eigenvalue weighted by Crippen LogP contribution is 2.16. The van der Waals surface area contributed by atoms with E-state index in [2.05, 4.69) is 4.90 Å². The molecule has 0 aliphatic carbocycles. The van der Waals surface area contributed by atoms with Gasteiger partial charge in [-0.2, -0.15) is 0 Å². The molecule has 1 unspecified atom stereocenters. The molecule has 0 amide bonds. The van der Waals surface area contributed by atoms with E-state index in [1.807, 2.05) is 6.92 Å². The van der Waals surface area contributed by atoms with Gasteiger partial charge in [-0.15, -0.1) is 0 Å². The lowest BCUT2D eigenvalue weighted by atomic mass is 10.1. The van der Waals surface area contributed by atoms with E-state index >= 15 is 0 Å². The molecule has 1 aliphatic heterocycles. The van der Waals surface area contributed by atoms with E-state index in [0.717, 1.165) is 17.7 Å². The molecule has 1 heterocycles. The molecule has 104 valence electrons. The molecule has 1 fully saturated rings. The van der Waals surface area contributed by atoms with Crippen molar-refractivity contribution in [3.63, 3.8) is 0 Å². The lowest BCUT2D eigenvalue weighted by molar-refractivity contribution is -0.142. The second-order valence-corrected chi connectivity index (χ2v) is 4.90. The molecule has 19 heavy (non-hydrogen) atoms. The number of rotatable bonds is 4. The van der Waals surface area contributed by atoms with Crippen LogP contribution < -0.4 is 0 Å². The third kappa shape index (κ3) is 4.01. The summed E-state index contributed by atoms with van der Waals surface area (Å²) in [4.78, 5) is 12.8. The summed E-state index contributed by atoms with van der Waals surface area (Å²) in [5.41, 5.74) is 1.98. The first kappa shape index (κ1) is 14.0. The molecular formula is C14H18FNO3. The second kappa shape index (κ2) is 6.12. The summed E-state index contributed by atoms with van der Waals surface area (Å²) < 4.78 is 18.6. The number of hydrogen-bond donors (Lipinski definition) is 1. The number of hydrogen-bond acceptors (Lipinski definition) is 3. The Morgan fingerprint density at radius 1 is 1.58 bits per heavy atom. The number of carboxylic acid groups (broad SMARTS) is 1. The highest BCUT2D eigenvalue weighted by atomic mass is 19.1. The maximum atomic E-state index is 13.2. The van der Waals surface area contributed by atoms with Crippen molar-refractivity contribution in [2.24, 2.45) is 0 Å².